The van der Waals surface area contributed by atoms with E-state index in [1.165, 1.54) is 0 Å². The second kappa shape index (κ2) is 14.9. The Morgan fingerprint density at radius 1 is 0.923 bits per heavy atom. The molecule has 3 atom stereocenters. The molecule has 9 nitrogen and oxygen atoms in total. The summed E-state index contributed by atoms with van der Waals surface area (Å²) >= 11 is 0. The van der Waals surface area contributed by atoms with Crippen LogP contribution in [0.2, 0.25) is 0 Å². The smallest absolute Gasteiger partial charge is 0.408 e. The molecule has 0 radical (unpaired) electrons. The van der Waals surface area contributed by atoms with Crippen LogP contribution < -0.4 is 10.6 Å². The Labute approximate surface area is 230 Å². The third-order valence-corrected chi connectivity index (χ3v) is 6.69. The SMILES string of the molecule is CCOC(=O)[C@@H]1CCCN(C(=O)[C@H](Cc2ccccc2)NC(=O)[C@@H](NC(=O)OCc2ccccc2)C(C)C)C1. The van der Waals surface area contributed by atoms with Crippen molar-refractivity contribution in [3.63, 3.8) is 0 Å². The van der Waals surface area contributed by atoms with E-state index in [4.69, 9.17) is 9.47 Å². The zero-order chi connectivity index (χ0) is 28.2. The zero-order valence-electron chi connectivity index (χ0n) is 22.9. The van der Waals surface area contributed by atoms with Crippen molar-refractivity contribution in [1.82, 2.24) is 15.5 Å². The molecule has 1 saturated heterocycles. The fraction of sp³-hybridized carbons (Fsp3) is 0.467. The molecule has 9 heteroatoms. The molecule has 0 spiro atoms. The molecule has 3 rings (SSSR count). The minimum atomic E-state index is -0.909. The number of hydrogen-bond acceptors (Lipinski definition) is 6. The molecule has 1 aliphatic rings. The van der Waals surface area contributed by atoms with E-state index in [0.29, 0.717) is 19.4 Å². The fourth-order valence-electron chi connectivity index (χ4n) is 4.59. The van der Waals surface area contributed by atoms with Gasteiger partial charge < -0.3 is 25.0 Å². The molecule has 210 valence electrons. The Kier molecular flexibility index (Phi) is 11.3. The van der Waals surface area contributed by atoms with E-state index < -0.39 is 24.1 Å². The van der Waals surface area contributed by atoms with Gasteiger partial charge in [-0.25, -0.2) is 4.79 Å². The third kappa shape index (κ3) is 9.12. The van der Waals surface area contributed by atoms with E-state index in [0.717, 1.165) is 11.1 Å². The highest BCUT2D eigenvalue weighted by Crippen LogP contribution is 2.20. The number of rotatable bonds is 11. The van der Waals surface area contributed by atoms with E-state index in [1.54, 1.807) is 11.8 Å². The number of nitrogens with zero attached hydrogens (tertiary/aromatic N) is 1. The highest BCUT2D eigenvalue weighted by atomic mass is 16.5. The number of piperidine rings is 1. The van der Waals surface area contributed by atoms with Crippen molar-refractivity contribution in [3.05, 3.63) is 71.8 Å². The summed E-state index contributed by atoms with van der Waals surface area (Å²) in [6.07, 6.45) is 0.884. The number of carbonyl (C=O) groups excluding carboxylic acids is 4. The average Bonchev–Trinajstić information content (AvgIpc) is 2.95. The summed E-state index contributed by atoms with van der Waals surface area (Å²) in [5.74, 6) is -1.70. The van der Waals surface area contributed by atoms with Crippen molar-refractivity contribution >= 4 is 23.9 Å². The molecule has 2 aromatic rings. The van der Waals surface area contributed by atoms with Crippen LogP contribution in [0.4, 0.5) is 4.79 Å². The molecular weight excluding hydrogens is 498 g/mol. The first-order valence-electron chi connectivity index (χ1n) is 13.5. The number of esters is 1. The summed E-state index contributed by atoms with van der Waals surface area (Å²) in [7, 11) is 0. The first kappa shape index (κ1) is 29.7. The molecule has 0 saturated carbocycles. The molecule has 0 aliphatic carbocycles. The predicted molar refractivity (Wildman–Crippen MR) is 146 cm³/mol. The van der Waals surface area contributed by atoms with Crippen molar-refractivity contribution in [3.8, 4) is 0 Å². The van der Waals surface area contributed by atoms with E-state index in [2.05, 4.69) is 10.6 Å². The maximum atomic E-state index is 13.7. The van der Waals surface area contributed by atoms with Gasteiger partial charge >= 0.3 is 12.1 Å². The summed E-state index contributed by atoms with van der Waals surface area (Å²) < 4.78 is 10.5. The van der Waals surface area contributed by atoms with Crippen LogP contribution >= 0.6 is 0 Å². The third-order valence-electron chi connectivity index (χ3n) is 6.69. The minimum Gasteiger partial charge on any atom is -0.466 e. The normalized spacial score (nSPS) is 16.6. The molecule has 1 fully saturated rings. The predicted octanol–water partition coefficient (Wildman–Crippen LogP) is 3.47. The molecule has 0 aromatic heterocycles. The summed E-state index contributed by atoms with van der Waals surface area (Å²) in [4.78, 5) is 53.6. The van der Waals surface area contributed by atoms with E-state index in [-0.39, 0.29) is 49.9 Å². The number of amides is 3. The van der Waals surface area contributed by atoms with Crippen LogP contribution in [0.3, 0.4) is 0 Å². The standard InChI is InChI=1S/C30H39N3O6/c1-4-38-29(36)24-16-11-17-33(19-24)28(35)25(18-22-12-7-5-8-13-22)31-27(34)26(21(2)3)32-30(37)39-20-23-14-9-6-10-15-23/h5-10,12-15,21,24-26H,4,11,16-20H2,1-3H3,(H,31,34)(H,32,37)/t24-,25+,26+/m1/s1. The number of hydrogen-bond donors (Lipinski definition) is 2. The minimum absolute atomic E-state index is 0.0742. The molecule has 3 amide bonds. The Morgan fingerprint density at radius 2 is 1.56 bits per heavy atom. The second-order valence-electron chi connectivity index (χ2n) is 10.1. The van der Waals surface area contributed by atoms with Gasteiger partial charge in [0, 0.05) is 19.5 Å². The van der Waals surface area contributed by atoms with Crippen LogP contribution in [0, 0.1) is 11.8 Å². The maximum absolute atomic E-state index is 13.7. The molecular formula is C30H39N3O6. The van der Waals surface area contributed by atoms with Crippen molar-refractivity contribution in [2.45, 2.75) is 58.7 Å². The lowest BCUT2D eigenvalue weighted by molar-refractivity contribution is -0.152. The van der Waals surface area contributed by atoms with Crippen LogP contribution in [0.5, 0.6) is 0 Å². The summed E-state index contributed by atoms with van der Waals surface area (Å²) in [6, 6.07) is 16.9. The largest absolute Gasteiger partial charge is 0.466 e. The number of likely N-dealkylation sites (tertiary alicyclic amines) is 1. The fourth-order valence-corrected chi connectivity index (χ4v) is 4.59. The van der Waals surface area contributed by atoms with Crippen molar-refractivity contribution in [1.29, 1.82) is 0 Å². The lowest BCUT2D eigenvalue weighted by Crippen LogP contribution is -2.57. The first-order valence-corrected chi connectivity index (χ1v) is 13.5. The van der Waals surface area contributed by atoms with Gasteiger partial charge in [-0.3, -0.25) is 14.4 Å². The number of alkyl carbamates (subject to hydrolysis) is 1. The van der Waals surface area contributed by atoms with Crippen LogP contribution in [0.1, 0.15) is 44.7 Å². The summed E-state index contributed by atoms with van der Waals surface area (Å²) in [5.41, 5.74) is 1.71. The molecule has 1 heterocycles. The van der Waals surface area contributed by atoms with Gasteiger partial charge in [0.1, 0.15) is 18.7 Å². The van der Waals surface area contributed by atoms with Gasteiger partial charge in [-0.1, -0.05) is 74.5 Å². The van der Waals surface area contributed by atoms with Gasteiger partial charge in [-0.15, -0.1) is 0 Å². The maximum Gasteiger partial charge on any atom is 0.408 e. The lowest BCUT2D eigenvalue weighted by Gasteiger charge is -2.34. The highest BCUT2D eigenvalue weighted by Gasteiger charge is 2.35. The number of benzene rings is 2. The molecule has 1 aliphatic heterocycles. The van der Waals surface area contributed by atoms with E-state index in [1.807, 2.05) is 74.5 Å². The van der Waals surface area contributed by atoms with Crippen molar-refractivity contribution in [2.75, 3.05) is 19.7 Å². The number of nitrogens with one attached hydrogen (secondary N) is 2. The van der Waals surface area contributed by atoms with Gasteiger partial charge in [-0.05, 0) is 36.8 Å². The highest BCUT2D eigenvalue weighted by molar-refractivity contribution is 5.92. The first-order chi connectivity index (χ1) is 18.8. The summed E-state index contributed by atoms with van der Waals surface area (Å²) in [5, 5.41) is 5.53. The van der Waals surface area contributed by atoms with Gasteiger partial charge in [0.2, 0.25) is 11.8 Å². The Bertz CT molecular complexity index is 1090. The Hall–Kier alpha value is -3.88. The van der Waals surface area contributed by atoms with Crippen molar-refractivity contribution < 1.29 is 28.7 Å². The topological polar surface area (TPSA) is 114 Å². The van der Waals surface area contributed by atoms with Crippen LogP contribution in [-0.4, -0.2) is 60.6 Å². The average molecular weight is 538 g/mol. The van der Waals surface area contributed by atoms with Gasteiger partial charge in [0.05, 0.1) is 12.5 Å². The molecule has 2 N–H and O–H groups in total. The van der Waals surface area contributed by atoms with Crippen molar-refractivity contribution in [2.24, 2.45) is 11.8 Å². The quantitative estimate of drug-likeness (QED) is 0.425. The monoisotopic (exact) mass is 537 g/mol. The molecule has 2 aromatic carbocycles. The van der Waals surface area contributed by atoms with Gasteiger partial charge in [0.15, 0.2) is 0 Å². The lowest BCUT2D eigenvalue weighted by atomic mass is 9.96. The van der Waals surface area contributed by atoms with Crippen LogP contribution in [0.15, 0.2) is 60.7 Å². The summed E-state index contributed by atoms with van der Waals surface area (Å²) in [6.45, 7) is 6.47. The Balaban J connectivity index is 1.70. The molecule has 0 unspecified atom stereocenters. The number of ether oxygens (including phenoxy) is 2. The second-order valence-corrected chi connectivity index (χ2v) is 10.1. The zero-order valence-corrected chi connectivity index (χ0v) is 22.9. The van der Waals surface area contributed by atoms with Crippen LogP contribution in [0.25, 0.3) is 0 Å². The Morgan fingerprint density at radius 3 is 2.18 bits per heavy atom. The van der Waals surface area contributed by atoms with Gasteiger partial charge in [-0.2, -0.15) is 0 Å². The van der Waals surface area contributed by atoms with E-state index in [9.17, 15) is 19.2 Å². The van der Waals surface area contributed by atoms with E-state index >= 15 is 0 Å². The molecule has 39 heavy (non-hydrogen) atoms. The number of carbonyl (C=O) groups is 4. The van der Waals surface area contributed by atoms with Crippen LogP contribution in [-0.2, 0) is 36.9 Å². The molecule has 0 bridgehead atoms. The van der Waals surface area contributed by atoms with Gasteiger partial charge in [0.25, 0.3) is 0 Å².